The number of halogens is 3. The fraction of sp³-hybridized carbons (Fsp3) is 0.727. The molecule has 0 bridgehead atoms. The quantitative estimate of drug-likeness (QED) is 0.905. The van der Waals surface area contributed by atoms with Crippen molar-refractivity contribution in [2.45, 2.75) is 32.0 Å². The van der Waals surface area contributed by atoms with Gasteiger partial charge >= 0.3 is 6.18 Å². The average molecular weight is 279 g/mol. The summed E-state index contributed by atoms with van der Waals surface area (Å²) in [4.78, 5) is 6.02. The second-order valence-corrected chi connectivity index (χ2v) is 5.51. The third-order valence-electron chi connectivity index (χ3n) is 3.13. The van der Waals surface area contributed by atoms with Crippen LogP contribution < -0.4 is 10.6 Å². The molecule has 1 aromatic rings. The van der Waals surface area contributed by atoms with E-state index in [1.54, 1.807) is 4.90 Å². The van der Waals surface area contributed by atoms with Crippen LogP contribution in [0, 0.1) is 5.92 Å². The first-order valence-corrected chi connectivity index (χ1v) is 6.78. The molecule has 1 aliphatic heterocycles. The van der Waals surface area contributed by atoms with Gasteiger partial charge in [-0.05, 0) is 19.8 Å². The molecule has 7 heteroatoms. The number of alkyl halides is 3. The molecule has 0 amide bonds. The summed E-state index contributed by atoms with van der Waals surface area (Å²) in [7, 11) is 0. The molecule has 1 aliphatic rings. The number of nitrogens with two attached hydrogens (primary N) is 1. The molecule has 3 nitrogen and oxygen atoms in total. The Labute approximate surface area is 108 Å². The molecule has 2 rings (SSSR count). The number of aromatic nitrogens is 1. The van der Waals surface area contributed by atoms with Crippen molar-refractivity contribution in [1.82, 2.24) is 4.98 Å². The highest BCUT2D eigenvalue weighted by Crippen LogP contribution is 2.35. The standard InChI is InChI=1S/C11H16F3N3S/c1-7(15)9-6-18-10(16-9)17-4-2-3-8(5-17)11(12,13)14/h6-8H,2-5,15H2,1H3. The van der Waals surface area contributed by atoms with E-state index in [4.69, 9.17) is 5.73 Å². The van der Waals surface area contributed by atoms with E-state index in [1.165, 1.54) is 11.3 Å². The number of rotatable bonds is 2. The van der Waals surface area contributed by atoms with E-state index in [0.29, 0.717) is 18.1 Å². The highest BCUT2D eigenvalue weighted by atomic mass is 32.1. The smallest absolute Gasteiger partial charge is 0.347 e. The maximum atomic E-state index is 12.7. The number of piperidine rings is 1. The van der Waals surface area contributed by atoms with Crippen molar-refractivity contribution in [3.8, 4) is 0 Å². The fourth-order valence-electron chi connectivity index (χ4n) is 2.05. The lowest BCUT2D eigenvalue weighted by Gasteiger charge is -2.33. The van der Waals surface area contributed by atoms with Crippen molar-refractivity contribution >= 4 is 16.5 Å². The first-order chi connectivity index (χ1) is 8.38. The Morgan fingerprint density at radius 1 is 1.56 bits per heavy atom. The maximum Gasteiger partial charge on any atom is 0.393 e. The summed E-state index contributed by atoms with van der Waals surface area (Å²) in [6, 6.07) is -0.182. The summed E-state index contributed by atoms with van der Waals surface area (Å²) < 4.78 is 38.1. The van der Waals surface area contributed by atoms with Gasteiger partial charge in [0.1, 0.15) is 0 Å². The van der Waals surface area contributed by atoms with E-state index in [1.807, 2.05) is 12.3 Å². The van der Waals surface area contributed by atoms with Gasteiger partial charge in [0, 0.05) is 24.5 Å². The lowest BCUT2D eigenvalue weighted by atomic mass is 9.98. The van der Waals surface area contributed by atoms with Crippen molar-refractivity contribution in [2.24, 2.45) is 11.7 Å². The number of thiazole rings is 1. The normalized spacial score (nSPS) is 23.2. The zero-order valence-electron chi connectivity index (χ0n) is 10.1. The van der Waals surface area contributed by atoms with Gasteiger partial charge in [-0.1, -0.05) is 0 Å². The molecule has 102 valence electrons. The van der Waals surface area contributed by atoms with Gasteiger partial charge in [0.25, 0.3) is 0 Å². The predicted molar refractivity (Wildman–Crippen MR) is 65.7 cm³/mol. The maximum absolute atomic E-state index is 12.7. The summed E-state index contributed by atoms with van der Waals surface area (Å²) >= 11 is 1.36. The van der Waals surface area contributed by atoms with Gasteiger partial charge in [0.05, 0.1) is 11.6 Å². The van der Waals surface area contributed by atoms with Crippen LogP contribution in [0.5, 0.6) is 0 Å². The van der Waals surface area contributed by atoms with E-state index in [-0.39, 0.29) is 19.0 Å². The Balaban J connectivity index is 2.08. The van der Waals surface area contributed by atoms with E-state index >= 15 is 0 Å². The van der Waals surface area contributed by atoms with Crippen molar-refractivity contribution in [1.29, 1.82) is 0 Å². The molecule has 1 aromatic heterocycles. The summed E-state index contributed by atoms with van der Waals surface area (Å²) in [6.45, 7) is 2.46. The van der Waals surface area contributed by atoms with Crippen molar-refractivity contribution in [2.75, 3.05) is 18.0 Å². The largest absolute Gasteiger partial charge is 0.393 e. The van der Waals surface area contributed by atoms with Crippen LogP contribution in [0.25, 0.3) is 0 Å². The summed E-state index contributed by atoms with van der Waals surface area (Å²) in [5.74, 6) is -1.24. The number of nitrogens with zero attached hydrogens (tertiary/aromatic N) is 2. The molecular weight excluding hydrogens is 263 g/mol. The lowest BCUT2D eigenvalue weighted by Crippen LogP contribution is -2.41. The van der Waals surface area contributed by atoms with Crippen molar-refractivity contribution in [3.63, 3.8) is 0 Å². The molecule has 0 aromatic carbocycles. The van der Waals surface area contributed by atoms with Gasteiger partial charge in [-0.2, -0.15) is 13.2 Å². The lowest BCUT2D eigenvalue weighted by molar-refractivity contribution is -0.175. The Morgan fingerprint density at radius 3 is 2.83 bits per heavy atom. The van der Waals surface area contributed by atoms with E-state index < -0.39 is 12.1 Å². The highest BCUT2D eigenvalue weighted by Gasteiger charge is 2.42. The first-order valence-electron chi connectivity index (χ1n) is 5.90. The SMILES string of the molecule is CC(N)c1csc(N2CCCC(C(F)(F)F)C2)n1. The van der Waals surface area contributed by atoms with Gasteiger partial charge in [-0.3, -0.25) is 0 Å². The van der Waals surface area contributed by atoms with Gasteiger partial charge in [-0.25, -0.2) is 4.98 Å². The topological polar surface area (TPSA) is 42.1 Å². The molecule has 0 aliphatic carbocycles. The van der Waals surface area contributed by atoms with Gasteiger partial charge in [-0.15, -0.1) is 11.3 Å². The monoisotopic (exact) mass is 279 g/mol. The second-order valence-electron chi connectivity index (χ2n) is 4.67. The molecule has 2 heterocycles. The number of hydrogen-bond donors (Lipinski definition) is 1. The predicted octanol–water partition coefficient (Wildman–Crippen LogP) is 2.94. The molecule has 18 heavy (non-hydrogen) atoms. The van der Waals surface area contributed by atoms with E-state index in [0.717, 1.165) is 5.69 Å². The number of anilines is 1. The molecule has 1 saturated heterocycles. The molecule has 1 fully saturated rings. The Kier molecular flexibility index (Phi) is 3.82. The third kappa shape index (κ3) is 2.95. The van der Waals surface area contributed by atoms with E-state index in [2.05, 4.69) is 4.98 Å². The summed E-state index contributed by atoms with van der Waals surface area (Å²) in [5.41, 5.74) is 6.44. The van der Waals surface area contributed by atoms with Crippen LogP contribution in [0.15, 0.2) is 5.38 Å². The minimum atomic E-state index is -4.11. The van der Waals surface area contributed by atoms with Crippen molar-refractivity contribution < 1.29 is 13.2 Å². The Bertz CT molecular complexity index is 402. The number of hydrogen-bond acceptors (Lipinski definition) is 4. The molecule has 0 spiro atoms. The minimum Gasteiger partial charge on any atom is -0.347 e. The van der Waals surface area contributed by atoms with E-state index in [9.17, 15) is 13.2 Å². The second kappa shape index (κ2) is 5.05. The first kappa shape index (κ1) is 13.6. The van der Waals surface area contributed by atoms with Crippen LogP contribution >= 0.6 is 11.3 Å². The Morgan fingerprint density at radius 2 is 2.28 bits per heavy atom. The molecule has 2 unspecified atom stereocenters. The van der Waals surface area contributed by atoms with Crippen LogP contribution in [0.4, 0.5) is 18.3 Å². The average Bonchev–Trinajstić information content (AvgIpc) is 2.77. The molecule has 0 radical (unpaired) electrons. The van der Waals surface area contributed by atoms with Crippen LogP contribution in [0.2, 0.25) is 0 Å². The van der Waals surface area contributed by atoms with Gasteiger partial charge in [0.15, 0.2) is 5.13 Å². The van der Waals surface area contributed by atoms with Gasteiger partial charge in [0.2, 0.25) is 0 Å². The van der Waals surface area contributed by atoms with Crippen LogP contribution in [0.1, 0.15) is 31.5 Å². The Hall–Kier alpha value is -0.820. The molecular formula is C11H16F3N3S. The summed E-state index contributed by atoms with van der Waals surface area (Å²) in [6.07, 6.45) is -3.34. The molecule has 0 saturated carbocycles. The molecule has 2 N–H and O–H groups in total. The van der Waals surface area contributed by atoms with Crippen LogP contribution in [-0.2, 0) is 0 Å². The minimum absolute atomic E-state index is 0.00933. The highest BCUT2D eigenvalue weighted by molar-refractivity contribution is 7.13. The van der Waals surface area contributed by atoms with Crippen LogP contribution in [-0.4, -0.2) is 24.2 Å². The summed E-state index contributed by atoms with van der Waals surface area (Å²) in [5, 5.41) is 2.47. The fourth-order valence-corrected chi connectivity index (χ4v) is 3.02. The third-order valence-corrected chi connectivity index (χ3v) is 4.05. The van der Waals surface area contributed by atoms with Crippen molar-refractivity contribution in [3.05, 3.63) is 11.1 Å². The van der Waals surface area contributed by atoms with Crippen LogP contribution in [0.3, 0.4) is 0 Å². The zero-order chi connectivity index (χ0) is 13.3. The molecule has 2 atom stereocenters. The van der Waals surface area contributed by atoms with Gasteiger partial charge < -0.3 is 10.6 Å². The zero-order valence-corrected chi connectivity index (χ0v) is 10.9.